The lowest BCUT2D eigenvalue weighted by Gasteiger charge is -2.43. The van der Waals surface area contributed by atoms with Gasteiger partial charge in [-0.05, 0) is 86.4 Å². The predicted octanol–water partition coefficient (Wildman–Crippen LogP) is 4.05. The Labute approximate surface area is 290 Å². The number of tetrazole rings is 1. The Morgan fingerprint density at radius 3 is 2.48 bits per heavy atom. The van der Waals surface area contributed by atoms with Gasteiger partial charge in [0.25, 0.3) is 5.88 Å². The number of aliphatic hydroxyl groups is 1. The van der Waals surface area contributed by atoms with E-state index >= 15 is 0 Å². The maximum absolute atomic E-state index is 10.4. The second-order valence-corrected chi connectivity index (χ2v) is 14.2. The number of benzene rings is 1. The highest BCUT2D eigenvalue weighted by Gasteiger charge is 2.42. The topological polar surface area (TPSA) is 174 Å². The molecule has 2 saturated heterocycles. The molecule has 2 saturated carbocycles. The summed E-state index contributed by atoms with van der Waals surface area (Å²) in [7, 11) is 0. The number of morpholine rings is 1. The van der Waals surface area contributed by atoms with Crippen molar-refractivity contribution in [2.45, 2.75) is 107 Å². The molecule has 15 heteroatoms. The first kappa shape index (κ1) is 32.5. The van der Waals surface area contributed by atoms with Gasteiger partial charge in [0.2, 0.25) is 5.95 Å². The van der Waals surface area contributed by atoms with Crippen LogP contribution in [-0.4, -0.2) is 99.6 Å². The van der Waals surface area contributed by atoms with Crippen LogP contribution in [0.5, 0.6) is 11.6 Å². The standard InChI is InChI=1S/C35H43N11O4/c1-23(18-44-22-39-42-43-44)50-32-14-24(2-3-25(32)15-36)26-16-37-34(38-17-26)40-31-19-45(41-33(31)49-13-12-35(47)10-11-35)27-4-6-28(7-5-27)46-29-8-9-30(46)21-48-20-29/h2-3,14,16-17,19,22-23,27-30,47H,4-13,18,20-21H2,1H3,(H,37,38,40)/t23-,27?,28?,29-,30+/m0/s1. The van der Waals surface area contributed by atoms with Crippen molar-refractivity contribution in [2.75, 3.05) is 25.1 Å². The SMILES string of the molecule is C[C@@H](Cn1cnnn1)Oc1cc(-c2cnc(Nc3cn(C4CCC(N5[C@@H]6CC[C@H]5COC6)CC4)nc3OCCC3(O)CC3)nc2)ccc1C#N. The zero-order valence-electron chi connectivity index (χ0n) is 28.3. The fraction of sp³-hybridized carbons (Fsp3) is 0.571. The molecule has 262 valence electrons. The molecule has 2 aliphatic carbocycles. The molecular formula is C35H43N11O4. The van der Waals surface area contributed by atoms with Crippen molar-refractivity contribution < 1.29 is 19.3 Å². The third kappa shape index (κ3) is 7.14. The lowest BCUT2D eigenvalue weighted by atomic mass is 9.89. The summed E-state index contributed by atoms with van der Waals surface area (Å²) in [5.41, 5.74) is 2.11. The van der Waals surface area contributed by atoms with Crippen LogP contribution < -0.4 is 14.8 Å². The minimum Gasteiger partial charge on any atom is -0.487 e. The van der Waals surface area contributed by atoms with Crippen molar-refractivity contribution in [2.24, 2.45) is 0 Å². The van der Waals surface area contributed by atoms with Gasteiger partial charge >= 0.3 is 0 Å². The van der Waals surface area contributed by atoms with Gasteiger partial charge in [-0.1, -0.05) is 6.07 Å². The Morgan fingerprint density at radius 1 is 1.04 bits per heavy atom. The van der Waals surface area contributed by atoms with Crippen LogP contribution >= 0.6 is 0 Å². The van der Waals surface area contributed by atoms with E-state index < -0.39 is 5.60 Å². The van der Waals surface area contributed by atoms with Gasteiger partial charge in [0.05, 0.1) is 49.8 Å². The summed E-state index contributed by atoms with van der Waals surface area (Å²) in [6.45, 7) is 4.45. The number of anilines is 2. The van der Waals surface area contributed by atoms with Gasteiger partial charge < -0.3 is 24.6 Å². The van der Waals surface area contributed by atoms with E-state index in [0.29, 0.717) is 66.5 Å². The molecule has 0 unspecified atom stereocenters. The van der Waals surface area contributed by atoms with Gasteiger partial charge in [-0.15, -0.1) is 10.2 Å². The van der Waals surface area contributed by atoms with Gasteiger partial charge in [0.15, 0.2) is 0 Å². The van der Waals surface area contributed by atoms with E-state index in [9.17, 15) is 10.4 Å². The smallest absolute Gasteiger partial charge is 0.256 e. The first-order valence-electron chi connectivity index (χ1n) is 17.7. The summed E-state index contributed by atoms with van der Waals surface area (Å²) in [4.78, 5) is 12.0. The molecule has 4 aromatic rings. The van der Waals surface area contributed by atoms with Crippen LogP contribution in [0.25, 0.3) is 11.1 Å². The van der Waals surface area contributed by atoms with Gasteiger partial charge in [0.1, 0.15) is 29.9 Å². The van der Waals surface area contributed by atoms with Gasteiger partial charge in [-0.2, -0.15) is 5.26 Å². The molecular weight excluding hydrogens is 638 g/mol. The number of rotatable bonds is 13. The Kier molecular flexibility index (Phi) is 9.07. The first-order chi connectivity index (χ1) is 24.4. The molecule has 2 N–H and O–H groups in total. The van der Waals surface area contributed by atoms with Crippen molar-refractivity contribution in [1.82, 2.24) is 44.9 Å². The molecule has 0 radical (unpaired) electrons. The van der Waals surface area contributed by atoms with Gasteiger partial charge in [0, 0.05) is 42.5 Å². The number of hydrogen-bond acceptors (Lipinski definition) is 13. The van der Waals surface area contributed by atoms with E-state index in [0.717, 1.165) is 62.9 Å². The third-order valence-corrected chi connectivity index (χ3v) is 10.6. The Morgan fingerprint density at radius 2 is 1.78 bits per heavy atom. The van der Waals surface area contributed by atoms with E-state index in [2.05, 4.69) is 41.8 Å². The quantitative estimate of drug-likeness (QED) is 0.207. The minimum absolute atomic E-state index is 0.275. The highest BCUT2D eigenvalue weighted by molar-refractivity contribution is 5.67. The average molecular weight is 682 g/mol. The van der Waals surface area contributed by atoms with Crippen LogP contribution in [0, 0.1) is 11.3 Å². The number of hydrogen-bond donors (Lipinski definition) is 2. The molecule has 15 nitrogen and oxygen atoms in total. The van der Waals surface area contributed by atoms with Gasteiger partial charge in [-0.25, -0.2) is 14.6 Å². The predicted molar refractivity (Wildman–Crippen MR) is 181 cm³/mol. The minimum atomic E-state index is -0.602. The normalized spacial score (nSPS) is 24.7. The zero-order valence-corrected chi connectivity index (χ0v) is 28.3. The summed E-state index contributed by atoms with van der Waals surface area (Å²) in [5, 5.41) is 39.5. The molecule has 50 heavy (non-hydrogen) atoms. The van der Waals surface area contributed by atoms with Crippen LogP contribution in [0.3, 0.4) is 0 Å². The second-order valence-electron chi connectivity index (χ2n) is 14.2. The second kappa shape index (κ2) is 13.9. The van der Waals surface area contributed by atoms with Crippen LogP contribution in [0.1, 0.15) is 76.3 Å². The molecule has 0 amide bonds. The Balaban J connectivity index is 0.950. The van der Waals surface area contributed by atoms with Crippen LogP contribution in [0.4, 0.5) is 11.6 Å². The molecule has 8 rings (SSSR count). The highest BCUT2D eigenvalue weighted by Crippen LogP contribution is 2.41. The summed E-state index contributed by atoms with van der Waals surface area (Å²) in [6, 6.07) is 9.66. The molecule has 4 aliphatic rings. The lowest BCUT2D eigenvalue weighted by molar-refractivity contribution is -0.0458. The number of fused-ring (bicyclic) bond motifs is 2. The maximum Gasteiger partial charge on any atom is 0.256 e. The Hall–Kier alpha value is -4.65. The Bertz CT molecular complexity index is 1780. The number of ether oxygens (including phenoxy) is 3. The van der Waals surface area contributed by atoms with Crippen molar-refractivity contribution in [3.05, 3.63) is 48.7 Å². The maximum atomic E-state index is 10.4. The van der Waals surface area contributed by atoms with Crippen molar-refractivity contribution in [3.8, 4) is 28.8 Å². The molecule has 4 fully saturated rings. The van der Waals surface area contributed by atoms with Crippen molar-refractivity contribution in [3.63, 3.8) is 0 Å². The number of aromatic nitrogens is 8. The monoisotopic (exact) mass is 681 g/mol. The number of nitrogens with one attached hydrogen (secondary N) is 1. The molecule has 2 aliphatic heterocycles. The lowest BCUT2D eigenvalue weighted by Crippen LogP contribution is -2.52. The van der Waals surface area contributed by atoms with E-state index in [1.54, 1.807) is 23.1 Å². The average Bonchev–Trinajstić information content (AvgIpc) is 3.39. The van der Waals surface area contributed by atoms with Gasteiger partial charge in [-0.3, -0.25) is 9.58 Å². The largest absolute Gasteiger partial charge is 0.487 e. The van der Waals surface area contributed by atoms with E-state index in [-0.39, 0.29) is 12.1 Å². The molecule has 2 bridgehead atoms. The van der Waals surface area contributed by atoms with Crippen LogP contribution in [0.2, 0.25) is 0 Å². The molecule has 3 atom stereocenters. The summed E-state index contributed by atoms with van der Waals surface area (Å²) in [5.74, 6) is 1.36. The zero-order chi connectivity index (χ0) is 34.1. The van der Waals surface area contributed by atoms with E-state index in [4.69, 9.17) is 19.3 Å². The summed E-state index contributed by atoms with van der Waals surface area (Å²) >= 11 is 0. The molecule has 1 aromatic carbocycles. The van der Waals surface area contributed by atoms with Crippen LogP contribution in [0.15, 0.2) is 43.1 Å². The van der Waals surface area contributed by atoms with Crippen LogP contribution in [-0.2, 0) is 11.3 Å². The fourth-order valence-electron chi connectivity index (χ4n) is 7.70. The molecule has 5 heterocycles. The third-order valence-electron chi connectivity index (χ3n) is 10.6. The number of nitriles is 1. The number of nitrogens with zero attached hydrogens (tertiary/aromatic N) is 10. The van der Waals surface area contributed by atoms with Crippen molar-refractivity contribution >= 4 is 11.6 Å². The van der Waals surface area contributed by atoms with E-state index in [1.807, 2.05) is 29.9 Å². The van der Waals surface area contributed by atoms with Crippen molar-refractivity contribution in [1.29, 1.82) is 5.26 Å². The summed E-state index contributed by atoms with van der Waals surface area (Å²) < 4.78 is 21.7. The summed E-state index contributed by atoms with van der Waals surface area (Å²) in [6.07, 6.45) is 15.8. The van der Waals surface area contributed by atoms with E-state index in [1.165, 1.54) is 19.2 Å². The first-order valence-corrected chi connectivity index (χ1v) is 17.7. The molecule has 0 spiro atoms. The highest BCUT2D eigenvalue weighted by atomic mass is 16.5. The molecule has 3 aromatic heterocycles. The fourth-order valence-corrected chi connectivity index (χ4v) is 7.70.